The van der Waals surface area contributed by atoms with E-state index in [1.165, 1.54) is 10.2 Å². The fourth-order valence-electron chi connectivity index (χ4n) is 4.35. The highest BCUT2D eigenvalue weighted by molar-refractivity contribution is 7.90. The van der Waals surface area contributed by atoms with Crippen LogP contribution < -0.4 is 0 Å². The molecule has 1 atom stereocenters. The number of carbonyl (C=O) groups is 1. The zero-order chi connectivity index (χ0) is 24.6. The number of aromatic nitrogens is 2. The van der Waals surface area contributed by atoms with Gasteiger partial charge in [-0.25, -0.2) is 17.4 Å². The van der Waals surface area contributed by atoms with Crippen LogP contribution in [0, 0.1) is 6.92 Å². The molecule has 0 aliphatic carbocycles. The van der Waals surface area contributed by atoms with Gasteiger partial charge in [0.05, 0.1) is 34.5 Å². The van der Waals surface area contributed by atoms with Crippen molar-refractivity contribution in [3.05, 3.63) is 83.0 Å². The van der Waals surface area contributed by atoms with Crippen molar-refractivity contribution in [2.45, 2.75) is 17.9 Å². The Kier molecular flexibility index (Phi) is 6.50. The van der Waals surface area contributed by atoms with E-state index >= 15 is 0 Å². The first-order valence-electron chi connectivity index (χ1n) is 11.2. The molecule has 1 saturated heterocycles. The van der Waals surface area contributed by atoms with Gasteiger partial charge in [0.2, 0.25) is 0 Å². The van der Waals surface area contributed by atoms with Crippen molar-refractivity contribution in [3.63, 3.8) is 0 Å². The number of pyridine rings is 1. The maximum absolute atomic E-state index is 13.8. The highest BCUT2D eigenvalue weighted by Gasteiger charge is 2.26. The van der Waals surface area contributed by atoms with E-state index < -0.39 is 10.0 Å². The summed E-state index contributed by atoms with van der Waals surface area (Å²) in [5, 5.41) is 0.987. The summed E-state index contributed by atoms with van der Waals surface area (Å²) in [5.41, 5.74) is 3.38. The van der Waals surface area contributed by atoms with E-state index in [-0.39, 0.29) is 16.6 Å². The first kappa shape index (κ1) is 23.8. The number of benzene rings is 2. The number of fused-ring (bicyclic) bond motifs is 1. The number of halogens is 1. The minimum atomic E-state index is -3.95. The molecule has 2 aromatic carbocycles. The number of aryl methyl sites for hydroxylation is 1. The molecule has 1 aliphatic rings. The summed E-state index contributed by atoms with van der Waals surface area (Å²) in [5.74, 6) is 0. The van der Waals surface area contributed by atoms with Gasteiger partial charge in [-0.3, -0.25) is 0 Å². The van der Waals surface area contributed by atoms with Gasteiger partial charge in [-0.1, -0.05) is 53.6 Å². The summed E-state index contributed by atoms with van der Waals surface area (Å²) in [6.07, 6.45) is 2.25. The third-order valence-corrected chi connectivity index (χ3v) is 8.28. The molecule has 1 unspecified atom stereocenters. The van der Waals surface area contributed by atoms with Crippen molar-refractivity contribution in [2.24, 2.45) is 0 Å². The summed E-state index contributed by atoms with van der Waals surface area (Å²) in [6.45, 7) is 3.80. The van der Waals surface area contributed by atoms with E-state index in [2.05, 4.69) is 9.79 Å². The van der Waals surface area contributed by atoms with Crippen LogP contribution in [-0.4, -0.2) is 55.5 Å². The van der Waals surface area contributed by atoms with Crippen LogP contribution in [0.4, 0.5) is 0 Å². The molecule has 10 heteroatoms. The topological polar surface area (TPSA) is 81.5 Å². The van der Waals surface area contributed by atoms with Gasteiger partial charge in [0.15, 0.2) is 5.65 Å². The normalized spacial score (nSPS) is 16.9. The first-order chi connectivity index (χ1) is 16.9. The number of carbonyl (C=O) groups excluding carboxylic acids is 1. The van der Waals surface area contributed by atoms with E-state index in [0.29, 0.717) is 42.2 Å². The largest absolute Gasteiger partial charge is 0.371 e. The molecule has 7 nitrogen and oxygen atoms in total. The molecule has 0 radical (unpaired) electrons. The van der Waals surface area contributed by atoms with Gasteiger partial charge in [-0.2, -0.15) is 0 Å². The molecule has 0 amide bonds. The summed E-state index contributed by atoms with van der Waals surface area (Å²) in [6, 6.07) is 17.7. The first-order valence-corrected chi connectivity index (χ1v) is 13.1. The highest BCUT2D eigenvalue weighted by Crippen LogP contribution is 2.35. The fraction of sp³-hybridized carbons (Fsp3) is 0.200. The van der Waals surface area contributed by atoms with E-state index in [4.69, 9.17) is 16.3 Å². The van der Waals surface area contributed by atoms with Crippen LogP contribution in [0.3, 0.4) is 0 Å². The minimum absolute atomic E-state index is 0.156. The lowest BCUT2D eigenvalue weighted by Gasteiger charge is -2.32. The minimum Gasteiger partial charge on any atom is -0.371 e. The zero-order valence-corrected chi connectivity index (χ0v) is 20.7. The van der Waals surface area contributed by atoms with Crippen LogP contribution >= 0.6 is 11.6 Å². The van der Waals surface area contributed by atoms with Gasteiger partial charge < -0.3 is 14.3 Å². The Morgan fingerprint density at radius 3 is 2.57 bits per heavy atom. The second kappa shape index (κ2) is 9.58. The highest BCUT2D eigenvalue weighted by atomic mass is 35.5. The van der Waals surface area contributed by atoms with Crippen molar-refractivity contribution in [1.82, 2.24) is 13.8 Å². The standard InChI is InChI=1S/C25H23BClN3O4S/c1-17-2-8-20(9-3-17)35(32,33)30-23(14-21-22(27)10-11-28-25(21)30)18-4-6-19(7-5-18)24-15-29(26-16-31)12-13-34-24/h2-11,14,16,24,26H,12-13,15H2,1H3. The van der Waals surface area contributed by atoms with Crippen LogP contribution in [0.1, 0.15) is 17.2 Å². The lowest BCUT2D eigenvalue weighted by Crippen LogP contribution is -2.41. The van der Waals surface area contributed by atoms with E-state index in [9.17, 15) is 13.2 Å². The smallest absolute Gasteiger partial charge is 0.281 e. The van der Waals surface area contributed by atoms with Gasteiger partial charge in [-0.15, -0.1) is 0 Å². The van der Waals surface area contributed by atoms with Crippen LogP contribution in [0.2, 0.25) is 5.02 Å². The summed E-state index contributed by atoms with van der Waals surface area (Å²) in [4.78, 5) is 17.5. The molecular formula is C25H23BClN3O4S. The van der Waals surface area contributed by atoms with Crippen LogP contribution in [-0.2, 0) is 19.6 Å². The lowest BCUT2D eigenvalue weighted by atomic mass is 9.92. The van der Waals surface area contributed by atoms with Gasteiger partial charge >= 0.3 is 0 Å². The van der Waals surface area contributed by atoms with Crippen LogP contribution in [0.15, 0.2) is 71.8 Å². The quantitative estimate of drug-likeness (QED) is 0.292. The predicted octanol–water partition coefficient (Wildman–Crippen LogP) is 3.82. The maximum Gasteiger partial charge on any atom is 0.281 e. The van der Waals surface area contributed by atoms with Gasteiger partial charge in [0.1, 0.15) is 0 Å². The Morgan fingerprint density at radius 1 is 1.11 bits per heavy atom. The molecular weight excluding hydrogens is 485 g/mol. The summed E-state index contributed by atoms with van der Waals surface area (Å²) >= 11 is 6.42. The molecule has 0 saturated carbocycles. The van der Waals surface area contributed by atoms with Crippen LogP contribution in [0.5, 0.6) is 0 Å². The van der Waals surface area contributed by atoms with Crippen molar-refractivity contribution >= 4 is 46.3 Å². The van der Waals surface area contributed by atoms with Gasteiger partial charge in [0.25, 0.3) is 17.4 Å². The predicted molar refractivity (Wildman–Crippen MR) is 138 cm³/mol. The fourth-order valence-corrected chi connectivity index (χ4v) is 6.02. The number of morpholine rings is 1. The number of rotatable bonds is 6. The number of ether oxygens (including phenoxy) is 1. The molecule has 0 spiro atoms. The molecule has 35 heavy (non-hydrogen) atoms. The second-order valence-electron chi connectivity index (χ2n) is 8.55. The Balaban J connectivity index is 1.59. The molecule has 1 aliphatic heterocycles. The third-order valence-electron chi connectivity index (χ3n) is 6.23. The Bertz CT molecular complexity index is 1490. The molecule has 5 rings (SSSR count). The summed E-state index contributed by atoms with van der Waals surface area (Å²) < 4.78 is 34.7. The molecule has 178 valence electrons. The second-order valence-corrected chi connectivity index (χ2v) is 10.7. The SMILES string of the molecule is Cc1ccc(S(=O)(=O)n2c(-c3ccc(C4CN(BC=O)CCO4)cc3)cc3c(Cl)ccnc32)cc1. The average Bonchev–Trinajstić information content (AvgIpc) is 3.27. The van der Waals surface area contributed by atoms with Crippen molar-refractivity contribution < 1.29 is 17.9 Å². The van der Waals surface area contributed by atoms with E-state index in [1.807, 2.05) is 31.2 Å². The zero-order valence-electron chi connectivity index (χ0n) is 19.1. The molecule has 0 N–H and O–H groups in total. The Labute approximate surface area is 209 Å². The van der Waals surface area contributed by atoms with Crippen molar-refractivity contribution in [3.8, 4) is 11.3 Å². The maximum atomic E-state index is 13.8. The molecule has 3 heterocycles. The van der Waals surface area contributed by atoms with Crippen LogP contribution in [0.25, 0.3) is 22.3 Å². The Hall–Kier alpha value is -2.98. The summed E-state index contributed by atoms with van der Waals surface area (Å²) in [7, 11) is -3.57. The van der Waals surface area contributed by atoms with Gasteiger partial charge in [0, 0.05) is 24.7 Å². The van der Waals surface area contributed by atoms with E-state index in [0.717, 1.165) is 23.9 Å². The van der Waals surface area contributed by atoms with Crippen molar-refractivity contribution in [2.75, 3.05) is 19.7 Å². The Morgan fingerprint density at radius 2 is 1.86 bits per heavy atom. The molecule has 1 fully saturated rings. The van der Waals surface area contributed by atoms with Gasteiger partial charge in [-0.05, 0) is 42.3 Å². The number of nitrogens with zero attached hydrogens (tertiary/aromatic N) is 3. The molecule has 0 bridgehead atoms. The third kappa shape index (κ3) is 4.52. The molecule has 4 aromatic rings. The van der Waals surface area contributed by atoms with E-state index in [1.54, 1.807) is 36.4 Å². The monoisotopic (exact) mass is 507 g/mol. The number of hydrogen-bond acceptors (Lipinski definition) is 6. The lowest BCUT2D eigenvalue weighted by molar-refractivity contribution is -0.00283. The number of hydrogen-bond donors (Lipinski definition) is 0. The van der Waals surface area contributed by atoms with Crippen molar-refractivity contribution in [1.29, 1.82) is 0 Å². The molecule has 2 aromatic heterocycles. The average molecular weight is 508 g/mol.